The molecule has 6 heteroatoms. The second-order valence-electron chi connectivity index (χ2n) is 5.16. The van der Waals surface area contributed by atoms with Gasteiger partial charge in [0.2, 0.25) is 10.0 Å². The number of hydrogen-bond donors (Lipinski definition) is 1. The lowest BCUT2D eigenvalue weighted by atomic mass is 9.97. The summed E-state index contributed by atoms with van der Waals surface area (Å²) >= 11 is 1.62. The Hall–Kier alpha value is -1.52. The van der Waals surface area contributed by atoms with Crippen LogP contribution in [0, 0.1) is 0 Å². The molecule has 0 aliphatic rings. The van der Waals surface area contributed by atoms with Gasteiger partial charge < -0.3 is 0 Å². The van der Waals surface area contributed by atoms with E-state index in [0.29, 0.717) is 5.30 Å². The van der Waals surface area contributed by atoms with Gasteiger partial charge in [-0.2, -0.15) is 11.3 Å². The molecule has 1 aromatic carbocycles. The summed E-state index contributed by atoms with van der Waals surface area (Å²) in [4.78, 5) is 0.133. The predicted molar refractivity (Wildman–Crippen MR) is 108 cm³/mol. The first kappa shape index (κ1) is 18.8. The Morgan fingerprint density at radius 3 is 2.67 bits per heavy atom. The number of hydrogen-bond acceptors (Lipinski definition) is 3. The maximum atomic E-state index is 11.6. The van der Waals surface area contributed by atoms with Gasteiger partial charge in [-0.25, -0.2) is 13.6 Å². The highest BCUT2D eigenvalue weighted by Gasteiger charge is 2.15. The minimum atomic E-state index is -3.71. The molecule has 2 aromatic rings. The van der Waals surface area contributed by atoms with Crippen molar-refractivity contribution in [1.29, 1.82) is 0 Å². The van der Waals surface area contributed by atoms with Crippen molar-refractivity contribution in [3.63, 3.8) is 0 Å². The Bertz CT molecular complexity index is 909. The number of benzene rings is 1. The minimum absolute atomic E-state index is 0.133. The second kappa shape index (κ2) is 8.04. The molecule has 2 N–H and O–H groups in total. The van der Waals surface area contributed by atoms with E-state index in [2.05, 4.69) is 39.6 Å². The third-order valence-corrected chi connectivity index (χ3v) is 5.98. The molecule has 3 nitrogen and oxygen atoms in total. The average molecular weight is 377 g/mol. The van der Waals surface area contributed by atoms with Crippen molar-refractivity contribution in [2.24, 2.45) is 5.14 Å². The first-order chi connectivity index (χ1) is 11.4. The van der Waals surface area contributed by atoms with Crippen LogP contribution >= 0.6 is 20.6 Å². The van der Waals surface area contributed by atoms with Crippen LogP contribution in [0.25, 0.3) is 16.7 Å². The summed E-state index contributed by atoms with van der Waals surface area (Å²) in [5, 5.41) is 9.99. The highest BCUT2D eigenvalue weighted by molar-refractivity contribution is 7.89. The number of nitrogens with two attached hydrogens (primary N) is 1. The molecule has 126 valence electrons. The Balaban J connectivity index is 2.51. The number of thiophene rings is 1. The molecule has 0 amide bonds. The van der Waals surface area contributed by atoms with Crippen LogP contribution in [0.4, 0.5) is 0 Å². The highest BCUT2D eigenvalue weighted by atomic mass is 32.2. The van der Waals surface area contributed by atoms with Gasteiger partial charge in [-0.3, -0.25) is 0 Å². The van der Waals surface area contributed by atoms with Crippen LogP contribution in [0.5, 0.6) is 0 Å². The van der Waals surface area contributed by atoms with Gasteiger partial charge in [0.1, 0.15) is 0 Å². The summed E-state index contributed by atoms with van der Waals surface area (Å²) in [5.74, 6) is 0. The van der Waals surface area contributed by atoms with Crippen LogP contribution in [0.15, 0.2) is 64.7 Å². The molecule has 0 radical (unpaired) electrons. The van der Waals surface area contributed by atoms with Gasteiger partial charge in [0.05, 0.1) is 4.90 Å². The van der Waals surface area contributed by atoms with Crippen molar-refractivity contribution in [2.75, 3.05) is 0 Å². The van der Waals surface area contributed by atoms with Gasteiger partial charge in [0.15, 0.2) is 0 Å². The molecule has 0 fully saturated rings. The van der Waals surface area contributed by atoms with Crippen molar-refractivity contribution in [3.8, 4) is 11.1 Å². The topological polar surface area (TPSA) is 60.2 Å². The van der Waals surface area contributed by atoms with Crippen LogP contribution in [-0.4, -0.2) is 8.42 Å². The molecule has 0 bridgehead atoms. The van der Waals surface area contributed by atoms with Crippen LogP contribution in [0.3, 0.4) is 0 Å². The van der Waals surface area contributed by atoms with Gasteiger partial charge in [-0.1, -0.05) is 43.9 Å². The van der Waals surface area contributed by atoms with Crippen LogP contribution in [0.1, 0.15) is 18.9 Å². The van der Waals surface area contributed by atoms with E-state index < -0.39 is 10.0 Å². The molecule has 0 saturated heterocycles. The molecule has 1 atom stereocenters. The molecule has 0 aliphatic carbocycles. The van der Waals surface area contributed by atoms with Gasteiger partial charge in [-0.15, -0.1) is 9.24 Å². The minimum Gasteiger partial charge on any atom is -0.225 e. The Morgan fingerprint density at radius 1 is 1.33 bits per heavy atom. The van der Waals surface area contributed by atoms with Gasteiger partial charge in [-0.05, 0) is 56.9 Å². The van der Waals surface area contributed by atoms with E-state index >= 15 is 0 Å². The quantitative estimate of drug-likeness (QED) is 0.609. The monoisotopic (exact) mass is 377 g/mol. The fourth-order valence-corrected chi connectivity index (χ4v) is 4.69. The van der Waals surface area contributed by atoms with Crippen molar-refractivity contribution in [2.45, 2.75) is 18.2 Å². The second-order valence-corrected chi connectivity index (χ2v) is 8.06. The van der Waals surface area contributed by atoms with Gasteiger partial charge in [0, 0.05) is 0 Å². The molecule has 0 spiro atoms. The van der Waals surface area contributed by atoms with E-state index in [9.17, 15) is 8.42 Å². The summed E-state index contributed by atoms with van der Waals surface area (Å²) in [6.07, 6.45) is 8.58. The summed E-state index contributed by atoms with van der Waals surface area (Å²) in [6, 6.07) is 5.19. The SMILES string of the molecule is C=C/C=C\C=C(/CC)c1cscc1-c1ccc(S(N)(=O)=O)c(P)c1. The first-order valence-electron chi connectivity index (χ1n) is 7.36. The van der Waals surface area contributed by atoms with E-state index in [1.807, 2.05) is 18.2 Å². The van der Waals surface area contributed by atoms with E-state index in [1.54, 1.807) is 29.5 Å². The molecular formula is C18H20NO2PS2. The van der Waals surface area contributed by atoms with Crippen molar-refractivity contribution >= 4 is 41.5 Å². The fraction of sp³-hybridized carbons (Fsp3) is 0.111. The largest absolute Gasteiger partial charge is 0.238 e. The maximum absolute atomic E-state index is 11.6. The first-order valence-corrected chi connectivity index (χ1v) is 10.4. The zero-order valence-corrected chi connectivity index (χ0v) is 16.2. The summed E-state index contributed by atoms with van der Waals surface area (Å²) < 4.78 is 23.1. The molecular weight excluding hydrogens is 357 g/mol. The van der Waals surface area contributed by atoms with E-state index in [0.717, 1.165) is 23.1 Å². The normalized spacial score (nSPS) is 12.7. The van der Waals surface area contributed by atoms with E-state index in [-0.39, 0.29) is 4.90 Å². The highest BCUT2D eigenvalue weighted by Crippen LogP contribution is 2.34. The smallest absolute Gasteiger partial charge is 0.225 e. The summed E-state index contributed by atoms with van der Waals surface area (Å²) in [6.45, 7) is 5.78. The van der Waals surface area contributed by atoms with E-state index in [1.165, 1.54) is 5.57 Å². The Kier molecular flexibility index (Phi) is 6.30. The van der Waals surface area contributed by atoms with Crippen molar-refractivity contribution in [3.05, 3.63) is 65.4 Å². The van der Waals surface area contributed by atoms with Crippen LogP contribution in [0.2, 0.25) is 0 Å². The summed E-state index contributed by atoms with van der Waals surface area (Å²) in [7, 11) is -1.26. The number of allylic oxidation sites excluding steroid dienone is 5. The fourth-order valence-electron chi connectivity index (χ4n) is 2.39. The molecule has 0 saturated carbocycles. The van der Waals surface area contributed by atoms with Crippen LogP contribution < -0.4 is 10.4 Å². The lowest BCUT2D eigenvalue weighted by molar-refractivity contribution is 0.598. The number of sulfonamides is 1. The van der Waals surface area contributed by atoms with Crippen molar-refractivity contribution < 1.29 is 8.42 Å². The third kappa shape index (κ3) is 4.31. The predicted octanol–water partition coefficient (Wildman–Crippen LogP) is 4.10. The molecule has 1 heterocycles. The van der Waals surface area contributed by atoms with Crippen LogP contribution in [-0.2, 0) is 10.0 Å². The molecule has 2 rings (SSSR count). The Labute approximate surface area is 149 Å². The van der Waals surface area contributed by atoms with Crippen molar-refractivity contribution in [1.82, 2.24) is 0 Å². The molecule has 1 unspecified atom stereocenters. The average Bonchev–Trinajstić information content (AvgIpc) is 2.99. The van der Waals surface area contributed by atoms with Gasteiger partial charge >= 0.3 is 0 Å². The third-order valence-electron chi connectivity index (χ3n) is 3.56. The lowest BCUT2D eigenvalue weighted by Crippen LogP contribution is -2.18. The zero-order chi connectivity index (χ0) is 17.7. The number of rotatable bonds is 6. The number of primary sulfonamides is 1. The summed E-state index contributed by atoms with van der Waals surface area (Å²) in [5.41, 5.74) is 4.43. The Morgan fingerprint density at radius 2 is 2.08 bits per heavy atom. The standard InChI is InChI=1S/C18H20NO2PS2/c1-3-5-6-7-13(4-2)15-11-23-12-16(15)14-8-9-18(17(22)10-14)24(19,20)21/h3,5-12H,1,4,22H2,2H3,(H2,19,20,21)/b6-5-,13-7+. The lowest BCUT2D eigenvalue weighted by Gasteiger charge is -2.10. The molecule has 0 aliphatic heterocycles. The maximum Gasteiger partial charge on any atom is 0.238 e. The van der Waals surface area contributed by atoms with E-state index in [4.69, 9.17) is 5.14 Å². The molecule has 24 heavy (non-hydrogen) atoms. The zero-order valence-electron chi connectivity index (χ0n) is 13.4. The van der Waals surface area contributed by atoms with Gasteiger partial charge in [0.25, 0.3) is 0 Å². The molecule has 1 aromatic heterocycles.